The average molecular weight is 686 g/mol. The number of nitrogens with zero attached hydrogens (tertiary/aromatic N) is 2. The van der Waals surface area contributed by atoms with Crippen molar-refractivity contribution in [3.8, 4) is 0 Å². The predicted molar refractivity (Wildman–Crippen MR) is 176 cm³/mol. The number of alkyl halides is 3. The van der Waals surface area contributed by atoms with Gasteiger partial charge in [-0.3, -0.25) is 13.9 Å². The topological polar surface area (TPSA) is 86.8 Å². The zero-order valence-electron chi connectivity index (χ0n) is 25.9. The van der Waals surface area contributed by atoms with Crippen LogP contribution in [0, 0.1) is 6.92 Å². The first-order chi connectivity index (χ1) is 22.3. The van der Waals surface area contributed by atoms with Gasteiger partial charge in [-0.1, -0.05) is 84.8 Å². The third-order valence-corrected chi connectivity index (χ3v) is 9.48. The number of benzene rings is 4. The molecule has 7 nitrogen and oxygen atoms in total. The fraction of sp³-hybridized carbons (Fsp3) is 0.257. The van der Waals surface area contributed by atoms with Gasteiger partial charge in [0.15, 0.2) is 0 Å². The lowest BCUT2D eigenvalue weighted by Gasteiger charge is -2.34. The zero-order valence-corrected chi connectivity index (χ0v) is 27.4. The summed E-state index contributed by atoms with van der Waals surface area (Å²) in [6.07, 6.45) is -4.03. The average Bonchev–Trinajstić information content (AvgIpc) is 3.05. The molecule has 1 atom stereocenters. The lowest BCUT2D eigenvalue weighted by Crippen LogP contribution is -2.53. The molecular weight excluding hydrogens is 651 g/mol. The smallest absolute Gasteiger partial charge is 0.354 e. The summed E-state index contributed by atoms with van der Waals surface area (Å²) in [5, 5.41) is 3.29. The maximum atomic E-state index is 14.4. The highest BCUT2D eigenvalue weighted by atomic mass is 35.5. The minimum absolute atomic E-state index is 0.101. The van der Waals surface area contributed by atoms with Gasteiger partial charge in [0.05, 0.1) is 16.1 Å². The Morgan fingerprint density at radius 3 is 2.15 bits per heavy atom. The highest BCUT2D eigenvalue weighted by Gasteiger charge is 2.36. The van der Waals surface area contributed by atoms with Crippen LogP contribution in [0.2, 0.25) is 5.02 Å². The van der Waals surface area contributed by atoms with E-state index in [1.807, 2.05) is 25.1 Å². The first-order valence-corrected chi connectivity index (χ1v) is 16.7. The SMILES string of the molecule is CCCNC(=O)[C@H](Cc1ccccc1)N(Cc1ccc(Cl)cc1)C(=O)CN(c1cccc(C(F)(F)F)c1)S(=O)(=O)c1ccc(C)cc1. The van der Waals surface area contributed by atoms with E-state index in [9.17, 15) is 31.2 Å². The van der Waals surface area contributed by atoms with Crippen molar-refractivity contribution in [2.24, 2.45) is 0 Å². The van der Waals surface area contributed by atoms with E-state index in [0.29, 0.717) is 33.9 Å². The molecule has 0 aliphatic carbocycles. The van der Waals surface area contributed by atoms with Gasteiger partial charge in [-0.2, -0.15) is 13.2 Å². The van der Waals surface area contributed by atoms with Crippen molar-refractivity contribution < 1.29 is 31.2 Å². The lowest BCUT2D eigenvalue weighted by atomic mass is 10.0. The van der Waals surface area contributed by atoms with Crippen LogP contribution >= 0.6 is 11.6 Å². The number of carbonyl (C=O) groups is 2. The van der Waals surface area contributed by atoms with Crippen molar-refractivity contribution in [1.82, 2.24) is 10.2 Å². The molecule has 0 spiro atoms. The second-order valence-corrected chi connectivity index (χ2v) is 13.3. The molecule has 4 rings (SSSR count). The first-order valence-electron chi connectivity index (χ1n) is 14.9. The minimum atomic E-state index is -4.77. The molecule has 1 N–H and O–H groups in total. The Bertz CT molecular complexity index is 1770. The van der Waals surface area contributed by atoms with Crippen molar-refractivity contribution in [2.45, 2.75) is 50.3 Å². The fourth-order valence-corrected chi connectivity index (χ4v) is 6.44. The summed E-state index contributed by atoms with van der Waals surface area (Å²) in [6, 6.07) is 24.1. The third kappa shape index (κ3) is 9.36. The van der Waals surface area contributed by atoms with E-state index in [0.717, 1.165) is 23.3 Å². The lowest BCUT2D eigenvalue weighted by molar-refractivity contribution is -0.140. The monoisotopic (exact) mass is 685 g/mol. The van der Waals surface area contributed by atoms with Crippen LogP contribution < -0.4 is 9.62 Å². The second kappa shape index (κ2) is 15.5. The van der Waals surface area contributed by atoms with E-state index < -0.39 is 46.2 Å². The normalized spacial score (nSPS) is 12.3. The van der Waals surface area contributed by atoms with E-state index >= 15 is 0 Å². The van der Waals surface area contributed by atoms with E-state index in [2.05, 4.69) is 5.32 Å². The summed E-state index contributed by atoms with van der Waals surface area (Å²) in [4.78, 5) is 29.1. The van der Waals surface area contributed by atoms with E-state index in [1.54, 1.807) is 55.5 Å². The Morgan fingerprint density at radius 1 is 0.872 bits per heavy atom. The highest BCUT2D eigenvalue weighted by molar-refractivity contribution is 7.92. The number of halogens is 4. The van der Waals surface area contributed by atoms with Gasteiger partial charge in [0.1, 0.15) is 12.6 Å². The molecule has 0 heterocycles. The molecule has 0 fully saturated rings. The van der Waals surface area contributed by atoms with Crippen molar-refractivity contribution in [3.63, 3.8) is 0 Å². The Labute approximate surface area is 278 Å². The van der Waals surface area contributed by atoms with Gasteiger partial charge in [0, 0.05) is 24.5 Å². The van der Waals surface area contributed by atoms with Gasteiger partial charge in [0.25, 0.3) is 10.0 Å². The number of nitrogens with one attached hydrogen (secondary N) is 1. The molecule has 0 aliphatic heterocycles. The Kier molecular flexibility index (Phi) is 11.7. The molecule has 4 aromatic rings. The molecule has 0 radical (unpaired) electrons. The molecule has 0 bridgehead atoms. The first kappa shape index (κ1) is 35.5. The summed E-state index contributed by atoms with van der Waals surface area (Å²) in [5.41, 5.74) is 0.693. The number of carbonyl (C=O) groups excluding carboxylic acids is 2. The Hall–Kier alpha value is -4.35. The Balaban J connectivity index is 1.83. The molecule has 2 amide bonds. The summed E-state index contributed by atoms with van der Waals surface area (Å²) in [6.45, 7) is 3.00. The van der Waals surface area contributed by atoms with Gasteiger partial charge in [-0.05, 0) is 66.9 Å². The third-order valence-electron chi connectivity index (χ3n) is 7.44. The maximum absolute atomic E-state index is 14.4. The van der Waals surface area contributed by atoms with Gasteiger partial charge < -0.3 is 10.2 Å². The van der Waals surface area contributed by atoms with Gasteiger partial charge in [-0.25, -0.2) is 8.42 Å². The molecule has 0 aromatic heterocycles. The molecule has 0 saturated carbocycles. The van der Waals surface area contributed by atoms with Crippen LogP contribution in [0.4, 0.5) is 18.9 Å². The summed E-state index contributed by atoms with van der Waals surface area (Å²) in [5.74, 6) is -1.24. The van der Waals surface area contributed by atoms with Crippen LogP contribution in [0.25, 0.3) is 0 Å². The van der Waals surface area contributed by atoms with Crippen LogP contribution in [0.3, 0.4) is 0 Å². The van der Waals surface area contributed by atoms with Crippen LogP contribution in [0.5, 0.6) is 0 Å². The van der Waals surface area contributed by atoms with E-state index in [4.69, 9.17) is 11.6 Å². The number of hydrogen-bond donors (Lipinski definition) is 1. The van der Waals surface area contributed by atoms with Crippen LogP contribution in [0.1, 0.15) is 35.6 Å². The molecule has 12 heteroatoms. The van der Waals surface area contributed by atoms with Crippen molar-refractivity contribution in [1.29, 1.82) is 0 Å². The van der Waals surface area contributed by atoms with Crippen LogP contribution in [0.15, 0.2) is 108 Å². The number of anilines is 1. The molecule has 47 heavy (non-hydrogen) atoms. The fourth-order valence-electron chi connectivity index (χ4n) is 4.91. The van der Waals surface area contributed by atoms with Crippen LogP contribution in [-0.2, 0) is 38.8 Å². The van der Waals surface area contributed by atoms with Gasteiger partial charge in [0.2, 0.25) is 11.8 Å². The number of aryl methyl sites for hydroxylation is 1. The number of sulfonamides is 1. The molecular formula is C35H35ClF3N3O4S. The number of amides is 2. The molecule has 248 valence electrons. The predicted octanol–water partition coefficient (Wildman–Crippen LogP) is 7.03. The minimum Gasteiger partial charge on any atom is -0.354 e. The molecule has 0 unspecified atom stereocenters. The van der Waals surface area contributed by atoms with E-state index in [1.165, 1.54) is 23.1 Å². The summed E-state index contributed by atoms with van der Waals surface area (Å²) < 4.78 is 70.1. The van der Waals surface area contributed by atoms with E-state index in [-0.39, 0.29) is 23.5 Å². The van der Waals surface area contributed by atoms with Crippen molar-refractivity contribution in [2.75, 3.05) is 17.4 Å². The second-order valence-electron chi connectivity index (χ2n) is 11.0. The van der Waals surface area contributed by atoms with Crippen LogP contribution in [-0.4, -0.2) is 44.3 Å². The number of hydrogen-bond acceptors (Lipinski definition) is 4. The molecule has 0 saturated heterocycles. The standard InChI is InChI=1S/C35H35ClF3N3O4S/c1-3-20-40-34(44)32(21-26-8-5-4-6-9-26)41(23-27-14-16-29(36)17-15-27)33(43)24-42(30-11-7-10-28(22-30)35(37,38)39)47(45,46)31-18-12-25(2)13-19-31/h4-19,22,32H,3,20-21,23-24H2,1-2H3,(H,40,44)/t32-/m0/s1. The molecule has 4 aromatic carbocycles. The molecule has 0 aliphatic rings. The number of rotatable bonds is 13. The summed E-state index contributed by atoms with van der Waals surface area (Å²) in [7, 11) is -4.56. The Morgan fingerprint density at radius 2 is 1.53 bits per heavy atom. The van der Waals surface area contributed by atoms with Gasteiger partial charge in [-0.15, -0.1) is 0 Å². The largest absolute Gasteiger partial charge is 0.416 e. The highest BCUT2D eigenvalue weighted by Crippen LogP contribution is 2.33. The van der Waals surface area contributed by atoms with Crippen molar-refractivity contribution >= 4 is 39.1 Å². The zero-order chi connectivity index (χ0) is 34.2. The quantitative estimate of drug-likeness (QED) is 0.164. The van der Waals surface area contributed by atoms with Crippen molar-refractivity contribution in [3.05, 3.63) is 130 Å². The summed E-state index contributed by atoms with van der Waals surface area (Å²) >= 11 is 6.09. The maximum Gasteiger partial charge on any atom is 0.416 e. The van der Waals surface area contributed by atoms with Gasteiger partial charge >= 0.3 is 6.18 Å².